The molecule has 0 atom stereocenters. The van der Waals surface area contributed by atoms with E-state index in [1.54, 1.807) is 0 Å². The number of aryl methyl sites for hydroxylation is 1. The number of fused-ring (bicyclic) bond motifs is 1. The van der Waals surface area contributed by atoms with Gasteiger partial charge < -0.3 is 16.0 Å². The Morgan fingerprint density at radius 1 is 1.50 bits per heavy atom. The summed E-state index contributed by atoms with van der Waals surface area (Å²) < 4.78 is 0. The van der Waals surface area contributed by atoms with E-state index >= 15 is 0 Å². The molecule has 0 unspecified atom stereocenters. The molecule has 1 aromatic heterocycles. The van der Waals surface area contributed by atoms with E-state index in [1.807, 2.05) is 25.1 Å². The molecule has 2 heterocycles. The lowest BCUT2D eigenvalue weighted by atomic mass is 10.1. The van der Waals surface area contributed by atoms with E-state index in [-0.39, 0.29) is 0 Å². The van der Waals surface area contributed by atoms with Crippen molar-refractivity contribution < 1.29 is 0 Å². The molecule has 4 heteroatoms. The minimum absolute atomic E-state index is 0.804. The topological polar surface area (TPSA) is 54.2 Å². The Morgan fingerprint density at radius 2 is 2.29 bits per heavy atom. The van der Waals surface area contributed by atoms with Gasteiger partial charge >= 0.3 is 0 Å². The lowest BCUT2D eigenvalue weighted by Crippen LogP contribution is -2.18. The van der Waals surface area contributed by atoms with Crippen LogP contribution in [0.2, 0.25) is 0 Å². The Morgan fingerprint density at radius 3 is 3.00 bits per heavy atom. The highest BCUT2D eigenvalue weighted by molar-refractivity contribution is 5.73. The van der Waals surface area contributed by atoms with Crippen molar-refractivity contribution in [1.29, 1.82) is 0 Å². The van der Waals surface area contributed by atoms with Gasteiger partial charge in [0.2, 0.25) is 0 Å². The third-order valence-corrected chi connectivity index (χ3v) is 2.46. The number of rotatable bonds is 1. The number of hydrogen-bond acceptors (Lipinski definition) is 4. The summed E-state index contributed by atoms with van der Waals surface area (Å²) in [6.07, 6.45) is 2.16. The molecule has 0 saturated heterocycles. The van der Waals surface area contributed by atoms with E-state index in [1.165, 1.54) is 0 Å². The summed E-state index contributed by atoms with van der Waals surface area (Å²) in [5, 5.41) is 3.29. The fraction of sp³-hybridized carbons (Fsp3) is 0.500. The largest absolute Gasteiger partial charge is 0.397 e. The fourth-order valence-electron chi connectivity index (χ4n) is 1.69. The minimum Gasteiger partial charge on any atom is -0.397 e. The monoisotopic (exact) mass is 192 g/mol. The fourth-order valence-corrected chi connectivity index (χ4v) is 1.69. The van der Waals surface area contributed by atoms with Crippen molar-refractivity contribution in [2.75, 3.05) is 36.6 Å². The van der Waals surface area contributed by atoms with E-state index < -0.39 is 0 Å². The molecule has 0 radical (unpaired) electrons. The maximum Gasteiger partial charge on any atom is 0.130 e. The van der Waals surface area contributed by atoms with E-state index in [0.29, 0.717) is 0 Å². The van der Waals surface area contributed by atoms with Crippen LogP contribution in [0.15, 0.2) is 6.07 Å². The predicted octanol–water partition coefficient (Wildman–Crippen LogP) is 1.09. The van der Waals surface area contributed by atoms with E-state index in [2.05, 4.69) is 10.3 Å². The van der Waals surface area contributed by atoms with Gasteiger partial charge in [0, 0.05) is 26.7 Å². The molecule has 1 aliphatic heterocycles. The molecule has 0 fully saturated rings. The molecule has 0 amide bonds. The second-order valence-corrected chi connectivity index (χ2v) is 3.82. The first-order chi connectivity index (χ1) is 6.68. The second kappa shape index (κ2) is 3.36. The van der Waals surface area contributed by atoms with Gasteiger partial charge in [-0.3, -0.25) is 0 Å². The van der Waals surface area contributed by atoms with Gasteiger partial charge in [0.25, 0.3) is 0 Å². The summed E-state index contributed by atoms with van der Waals surface area (Å²) in [5.74, 6) is 0.935. The van der Waals surface area contributed by atoms with Crippen LogP contribution in [-0.4, -0.2) is 25.6 Å². The molecule has 0 aliphatic carbocycles. The van der Waals surface area contributed by atoms with E-state index in [0.717, 1.165) is 42.3 Å². The maximum absolute atomic E-state index is 5.95. The Hall–Kier alpha value is -1.45. The lowest BCUT2D eigenvalue weighted by molar-refractivity contribution is 0.800. The number of nitrogen functional groups attached to an aromatic ring is 1. The summed E-state index contributed by atoms with van der Waals surface area (Å²) in [6, 6.07) is 1.91. The van der Waals surface area contributed by atoms with Crippen LogP contribution in [0.5, 0.6) is 0 Å². The van der Waals surface area contributed by atoms with Crippen LogP contribution in [0, 0.1) is 0 Å². The Kier molecular flexibility index (Phi) is 2.19. The molecule has 3 N–H and O–H groups in total. The zero-order chi connectivity index (χ0) is 10.1. The molecule has 1 aromatic rings. The van der Waals surface area contributed by atoms with Gasteiger partial charge in [-0.2, -0.15) is 0 Å². The summed E-state index contributed by atoms with van der Waals surface area (Å²) in [6.45, 7) is 1.00. The Labute approximate surface area is 84.1 Å². The first kappa shape index (κ1) is 9.12. The van der Waals surface area contributed by atoms with Gasteiger partial charge in [0.15, 0.2) is 0 Å². The minimum atomic E-state index is 0.804. The number of nitrogens with two attached hydrogens (primary N) is 1. The van der Waals surface area contributed by atoms with Gasteiger partial charge in [-0.25, -0.2) is 4.98 Å². The van der Waals surface area contributed by atoms with E-state index in [4.69, 9.17) is 5.73 Å². The number of pyridine rings is 1. The highest BCUT2D eigenvalue weighted by Gasteiger charge is 2.14. The average Bonchev–Trinajstić information content (AvgIpc) is 2.17. The van der Waals surface area contributed by atoms with Gasteiger partial charge in [-0.05, 0) is 12.8 Å². The highest BCUT2D eigenvalue weighted by Crippen LogP contribution is 2.29. The Balaban J connectivity index is 2.46. The maximum atomic E-state index is 5.95. The third kappa shape index (κ3) is 1.47. The summed E-state index contributed by atoms with van der Waals surface area (Å²) in [5.41, 5.74) is 8.88. The van der Waals surface area contributed by atoms with E-state index in [9.17, 15) is 0 Å². The zero-order valence-corrected chi connectivity index (χ0v) is 8.67. The molecule has 76 valence electrons. The first-order valence-electron chi connectivity index (χ1n) is 4.89. The van der Waals surface area contributed by atoms with Crippen LogP contribution in [0.3, 0.4) is 0 Å². The molecule has 0 saturated carbocycles. The second-order valence-electron chi connectivity index (χ2n) is 3.82. The van der Waals surface area contributed by atoms with Crippen molar-refractivity contribution in [2.45, 2.75) is 12.8 Å². The molecule has 14 heavy (non-hydrogen) atoms. The average molecular weight is 192 g/mol. The van der Waals surface area contributed by atoms with Crippen molar-refractivity contribution in [3.63, 3.8) is 0 Å². The van der Waals surface area contributed by atoms with Crippen LogP contribution in [0.1, 0.15) is 12.1 Å². The summed E-state index contributed by atoms with van der Waals surface area (Å²) in [4.78, 5) is 6.53. The number of nitrogens with one attached hydrogen (secondary N) is 1. The van der Waals surface area contributed by atoms with Gasteiger partial charge in [-0.1, -0.05) is 0 Å². The molecular weight excluding hydrogens is 176 g/mol. The summed E-state index contributed by atoms with van der Waals surface area (Å²) in [7, 11) is 3.95. The standard InChI is InChI=1S/C10H16N4/c1-14(2)9-6-7(11)10-8(13-9)4-3-5-12-10/h6,12H,3-5H2,1-2H3,(H2,11,13). The van der Waals surface area contributed by atoms with Crippen LogP contribution in [0.4, 0.5) is 17.2 Å². The molecule has 1 aliphatic rings. The predicted molar refractivity (Wildman–Crippen MR) is 59.8 cm³/mol. The van der Waals surface area contributed by atoms with Crippen molar-refractivity contribution >= 4 is 17.2 Å². The SMILES string of the molecule is CN(C)c1cc(N)c2c(n1)CCCN2. The first-order valence-corrected chi connectivity index (χ1v) is 4.89. The molecule has 0 aromatic carbocycles. The number of nitrogens with zero attached hydrogens (tertiary/aromatic N) is 2. The van der Waals surface area contributed by atoms with Crippen molar-refractivity contribution in [2.24, 2.45) is 0 Å². The van der Waals surface area contributed by atoms with Gasteiger partial charge in [-0.15, -0.1) is 0 Å². The molecule has 4 nitrogen and oxygen atoms in total. The normalized spacial score (nSPS) is 14.4. The van der Waals surface area contributed by atoms with Gasteiger partial charge in [0.1, 0.15) is 5.82 Å². The number of anilines is 3. The van der Waals surface area contributed by atoms with Crippen molar-refractivity contribution in [3.8, 4) is 0 Å². The van der Waals surface area contributed by atoms with Crippen LogP contribution in [0.25, 0.3) is 0 Å². The highest BCUT2D eigenvalue weighted by atomic mass is 15.1. The van der Waals surface area contributed by atoms with Crippen molar-refractivity contribution in [3.05, 3.63) is 11.8 Å². The number of aromatic nitrogens is 1. The smallest absolute Gasteiger partial charge is 0.130 e. The van der Waals surface area contributed by atoms with Gasteiger partial charge in [0.05, 0.1) is 17.1 Å². The quantitative estimate of drug-likeness (QED) is 0.699. The lowest BCUT2D eigenvalue weighted by Gasteiger charge is -2.21. The molecule has 0 spiro atoms. The molecular formula is C10H16N4. The Bertz CT molecular complexity index is 346. The van der Waals surface area contributed by atoms with Crippen LogP contribution < -0.4 is 16.0 Å². The van der Waals surface area contributed by atoms with Crippen LogP contribution in [-0.2, 0) is 6.42 Å². The molecule has 2 rings (SSSR count). The zero-order valence-electron chi connectivity index (χ0n) is 8.67. The van der Waals surface area contributed by atoms with Crippen molar-refractivity contribution in [1.82, 2.24) is 4.98 Å². The van der Waals surface area contributed by atoms with Crippen LogP contribution >= 0.6 is 0 Å². The molecule has 0 bridgehead atoms. The number of hydrogen-bond donors (Lipinski definition) is 2. The summed E-state index contributed by atoms with van der Waals surface area (Å²) >= 11 is 0. The third-order valence-electron chi connectivity index (χ3n) is 2.46.